The minimum absolute atomic E-state index is 0.00956. The summed E-state index contributed by atoms with van der Waals surface area (Å²) in [6.45, 7) is 6.66. The zero-order valence-electron chi connectivity index (χ0n) is 16.5. The van der Waals surface area contributed by atoms with E-state index in [1.54, 1.807) is 7.11 Å². The molecular formula is C22H28N2O3. The summed E-state index contributed by atoms with van der Waals surface area (Å²) >= 11 is 0. The number of amides is 2. The quantitative estimate of drug-likeness (QED) is 0.774. The van der Waals surface area contributed by atoms with Gasteiger partial charge in [0.1, 0.15) is 5.75 Å². The molecule has 0 aliphatic carbocycles. The summed E-state index contributed by atoms with van der Waals surface area (Å²) in [5.41, 5.74) is 3.18. The van der Waals surface area contributed by atoms with Crippen molar-refractivity contribution in [3.05, 3.63) is 65.2 Å². The lowest BCUT2D eigenvalue weighted by Crippen LogP contribution is -2.35. The molecule has 1 atom stereocenters. The SMILES string of the molecule is CCN(Cc1ccccc1C)C(=O)CC(NC(C)=O)c1ccc(OC)cc1. The van der Waals surface area contributed by atoms with Gasteiger partial charge in [-0.05, 0) is 42.7 Å². The van der Waals surface area contributed by atoms with Crippen LogP contribution in [0.4, 0.5) is 0 Å². The van der Waals surface area contributed by atoms with Gasteiger partial charge in [-0.25, -0.2) is 0 Å². The van der Waals surface area contributed by atoms with E-state index >= 15 is 0 Å². The summed E-state index contributed by atoms with van der Waals surface area (Å²) in [7, 11) is 1.61. The van der Waals surface area contributed by atoms with E-state index in [9.17, 15) is 9.59 Å². The number of methoxy groups -OCH3 is 1. The fourth-order valence-electron chi connectivity index (χ4n) is 3.01. The van der Waals surface area contributed by atoms with Crippen molar-refractivity contribution in [2.45, 2.75) is 39.8 Å². The molecule has 0 saturated carbocycles. The number of aryl methyl sites for hydroxylation is 1. The molecule has 0 fully saturated rings. The van der Waals surface area contributed by atoms with Crippen LogP contribution in [0.2, 0.25) is 0 Å². The molecule has 0 aliphatic heterocycles. The van der Waals surface area contributed by atoms with E-state index in [1.165, 1.54) is 6.92 Å². The van der Waals surface area contributed by atoms with Crippen LogP contribution >= 0.6 is 0 Å². The molecule has 0 heterocycles. The largest absolute Gasteiger partial charge is 0.497 e. The molecule has 2 aromatic rings. The van der Waals surface area contributed by atoms with E-state index in [4.69, 9.17) is 4.74 Å². The summed E-state index contributed by atoms with van der Waals surface area (Å²) in [4.78, 5) is 26.4. The average molecular weight is 368 g/mol. The number of carbonyl (C=O) groups is 2. The van der Waals surface area contributed by atoms with Crippen LogP contribution in [0.3, 0.4) is 0 Å². The zero-order chi connectivity index (χ0) is 19.8. The van der Waals surface area contributed by atoms with Crippen LogP contribution in [0, 0.1) is 6.92 Å². The van der Waals surface area contributed by atoms with Crippen molar-refractivity contribution >= 4 is 11.8 Å². The van der Waals surface area contributed by atoms with Gasteiger partial charge < -0.3 is 15.0 Å². The Morgan fingerprint density at radius 3 is 2.33 bits per heavy atom. The summed E-state index contributed by atoms with van der Waals surface area (Å²) < 4.78 is 5.18. The third-order valence-electron chi connectivity index (χ3n) is 4.63. The Morgan fingerprint density at radius 1 is 1.11 bits per heavy atom. The van der Waals surface area contributed by atoms with Gasteiger partial charge in [0.2, 0.25) is 11.8 Å². The molecule has 5 heteroatoms. The number of benzene rings is 2. The van der Waals surface area contributed by atoms with E-state index in [-0.39, 0.29) is 24.3 Å². The van der Waals surface area contributed by atoms with Crippen molar-refractivity contribution in [1.82, 2.24) is 10.2 Å². The molecule has 0 bridgehead atoms. The van der Waals surface area contributed by atoms with E-state index < -0.39 is 0 Å². The standard InChI is InChI=1S/C22H28N2O3/c1-5-24(15-19-9-7-6-8-16(19)2)22(26)14-21(23-17(3)25)18-10-12-20(27-4)13-11-18/h6-13,21H,5,14-15H2,1-4H3,(H,23,25). The average Bonchev–Trinajstić information content (AvgIpc) is 2.66. The van der Waals surface area contributed by atoms with Crippen LogP contribution < -0.4 is 10.1 Å². The lowest BCUT2D eigenvalue weighted by molar-refractivity contribution is -0.132. The molecular weight excluding hydrogens is 340 g/mol. The van der Waals surface area contributed by atoms with Gasteiger partial charge in [-0.15, -0.1) is 0 Å². The number of nitrogens with zero attached hydrogens (tertiary/aromatic N) is 1. The topological polar surface area (TPSA) is 58.6 Å². The number of hydrogen-bond donors (Lipinski definition) is 1. The molecule has 1 unspecified atom stereocenters. The second-order valence-corrected chi connectivity index (χ2v) is 6.56. The van der Waals surface area contributed by atoms with Crippen molar-refractivity contribution in [2.24, 2.45) is 0 Å². The number of ether oxygens (including phenoxy) is 1. The maximum atomic E-state index is 12.9. The monoisotopic (exact) mass is 368 g/mol. The minimum Gasteiger partial charge on any atom is -0.497 e. The van der Waals surface area contributed by atoms with Crippen molar-refractivity contribution in [1.29, 1.82) is 0 Å². The predicted octanol–water partition coefficient (Wildman–Crippen LogP) is 3.62. The van der Waals surface area contributed by atoms with Crippen LogP contribution in [0.15, 0.2) is 48.5 Å². The molecule has 2 rings (SSSR count). The molecule has 0 spiro atoms. The summed E-state index contributed by atoms with van der Waals surface area (Å²) in [5, 5.41) is 2.89. The Balaban J connectivity index is 2.15. The molecule has 0 aliphatic rings. The van der Waals surface area contributed by atoms with Gasteiger partial charge in [0.15, 0.2) is 0 Å². The van der Waals surface area contributed by atoms with E-state index in [0.29, 0.717) is 13.1 Å². The highest BCUT2D eigenvalue weighted by Gasteiger charge is 2.21. The van der Waals surface area contributed by atoms with Crippen LogP contribution in [0.25, 0.3) is 0 Å². The molecule has 0 radical (unpaired) electrons. The lowest BCUT2D eigenvalue weighted by atomic mass is 10.0. The smallest absolute Gasteiger partial charge is 0.225 e. The number of nitrogens with one attached hydrogen (secondary N) is 1. The van der Waals surface area contributed by atoms with Gasteiger partial charge in [-0.3, -0.25) is 9.59 Å². The lowest BCUT2D eigenvalue weighted by Gasteiger charge is -2.25. The van der Waals surface area contributed by atoms with Crippen LogP contribution in [-0.4, -0.2) is 30.4 Å². The first-order valence-corrected chi connectivity index (χ1v) is 9.18. The summed E-state index contributed by atoms with van der Waals surface area (Å²) in [6, 6.07) is 15.1. The second-order valence-electron chi connectivity index (χ2n) is 6.56. The fraction of sp³-hybridized carbons (Fsp3) is 0.364. The minimum atomic E-state index is -0.369. The first-order valence-electron chi connectivity index (χ1n) is 9.18. The van der Waals surface area contributed by atoms with Gasteiger partial charge in [-0.2, -0.15) is 0 Å². The Labute approximate surface area is 161 Å². The predicted molar refractivity (Wildman–Crippen MR) is 106 cm³/mol. The molecule has 0 aromatic heterocycles. The Hall–Kier alpha value is -2.82. The van der Waals surface area contributed by atoms with Crippen LogP contribution in [0.5, 0.6) is 5.75 Å². The highest BCUT2D eigenvalue weighted by Crippen LogP contribution is 2.22. The van der Waals surface area contributed by atoms with Crippen molar-refractivity contribution in [3.63, 3.8) is 0 Å². The maximum Gasteiger partial charge on any atom is 0.225 e. The number of carbonyl (C=O) groups excluding carboxylic acids is 2. The molecule has 2 aromatic carbocycles. The Kier molecular flexibility index (Phi) is 7.41. The van der Waals surface area contributed by atoms with Crippen molar-refractivity contribution in [2.75, 3.05) is 13.7 Å². The first kappa shape index (κ1) is 20.5. The van der Waals surface area contributed by atoms with E-state index in [1.807, 2.05) is 67.3 Å². The van der Waals surface area contributed by atoms with Gasteiger partial charge >= 0.3 is 0 Å². The van der Waals surface area contributed by atoms with Gasteiger partial charge in [0.25, 0.3) is 0 Å². The normalized spacial score (nSPS) is 11.6. The molecule has 2 amide bonds. The zero-order valence-corrected chi connectivity index (χ0v) is 16.5. The van der Waals surface area contributed by atoms with Crippen LogP contribution in [0.1, 0.15) is 43.0 Å². The number of hydrogen-bond acceptors (Lipinski definition) is 3. The molecule has 5 nitrogen and oxygen atoms in total. The third kappa shape index (κ3) is 5.84. The molecule has 144 valence electrons. The van der Waals surface area contributed by atoms with Crippen molar-refractivity contribution in [3.8, 4) is 5.75 Å². The number of rotatable bonds is 8. The molecule has 27 heavy (non-hydrogen) atoms. The highest BCUT2D eigenvalue weighted by molar-refractivity contribution is 5.79. The van der Waals surface area contributed by atoms with E-state index in [0.717, 1.165) is 22.4 Å². The van der Waals surface area contributed by atoms with Crippen molar-refractivity contribution < 1.29 is 14.3 Å². The van der Waals surface area contributed by atoms with Gasteiger partial charge in [0.05, 0.1) is 19.6 Å². The fourth-order valence-corrected chi connectivity index (χ4v) is 3.01. The van der Waals surface area contributed by atoms with E-state index in [2.05, 4.69) is 5.32 Å². The van der Waals surface area contributed by atoms with Gasteiger partial charge in [-0.1, -0.05) is 36.4 Å². The summed E-state index contributed by atoms with van der Waals surface area (Å²) in [6.07, 6.45) is 0.214. The Bertz CT molecular complexity index is 771. The van der Waals surface area contributed by atoms with Crippen LogP contribution in [-0.2, 0) is 16.1 Å². The third-order valence-corrected chi connectivity index (χ3v) is 4.63. The molecule has 0 saturated heterocycles. The first-order chi connectivity index (χ1) is 12.9. The summed E-state index contributed by atoms with van der Waals surface area (Å²) in [5.74, 6) is 0.585. The van der Waals surface area contributed by atoms with Gasteiger partial charge in [0, 0.05) is 20.0 Å². The molecule has 1 N–H and O–H groups in total. The maximum absolute atomic E-state index is 12.9. The Morgan fingerprint density at radius 2 is 1.78 bits per heavy atom. The highest BCUT2D eigenvalue weighted by atomic mass is 16.5. The second kappa shape index (κ2) is 9.76.